The molecule has 0 bridgehead atoms. The fourth-order valence-corrected chi connectivity index (χ4v) is 1.89. The van der Waals surface area contributed by atoms with Gasteiger partial charge in [0.1, 0.15) is 6.54 Å². The Labute approximate surface area is 113 Å². The summed E-state index contributed by atoms with van der Waals surface area (Å²) in [6.45, 7) is -1.07. The smallest absolute Gasteiger partial charge is 0.331 e. The summed E-state index contributed by atoms with van der Waals surface area (Å²) >= 11 is 5.53. The van der Waals surface area contributed by atoms with Gasteiger partial charge in [-0.25, -0.2) is 9.97 Å². The summed E-state index contributed by atoms with van der Waals surface area (Å²) in [6.07, 6.45) is -2.81. The van der Waals surface area contributed by atoms with Gasteiger partial charge in [-0.2, -0.15) is 13.2 Å². The van der Waals surface area contributed by atoms with Crippen LogP contribution in [0, 0.1) is 0 Å². The summed E-state index contributed by atoms with van der Waals surface area (Å²) in [6, 6.07) is 7.12. The fourth-order valence-electron chi connectivity index (χ4n) is 1.68. The molecule has 0 amide bonds. The van der Waals surface area contributed by atoms with Crippen LogP contribution < -0.4 is 4.90 Å². The first-order chi connectivity index (χ1) is 8.99. The average molecular weight is 290 g/mol. The van der Waals surface area contributed by atoms with Crippen LogP contribution >= 0.6 is 11.6 Å². The van der Waals surface area contributed by atoms with Gasteiger partial charge in [-0.05, 0) is 6.07 Å². The molecule has 0 aliphatic rings. The van der Waals surface area contributed by atoms with Crippen LogP contribution in [0.15, 0.2) is 30.5 Å². The number of fused-ring (bicyclic) bond motifs is 1. The number of nitrogens with zero attached hydrogens (tertiary/aromatic N) is 3. The van der Waals surface area contributed by atoms with Crippen molar-refractivity contribution in [3.05, 3.63) is 30.5 Å². The highest BCUT2D eigenvalue weighted by Gasteiger charge is 2.31. The highest BCUT2D eigenvalue weighted by Crippen LogP contribution is 2.21. The number of para-hydroxylation sites is 1. The second-order valence-electron chi connectivity index (χ2n) is 3.95. The quantitative estimate of drug-likeness (QED) is 0.809. The molecule has 3 nitrogen and oxygen atoms in total. The van der Waals surface area contributed by atoms with E-state index in [2.05, 4.69) is 9.97 Å². The molecule has 0 saturated carbocycles. The number of anilines is 1. The van der Waals surface area contributed by atoms with Gasteiger partial charge in [0.25, 0.3) is 0 Å². The summed E-state index contributed by atoms with van der Waals surface area (Å²) in [7, 11) is 0. The maximum atomic E-state index is 12.5. The van der Waals surface area contributed by atoms with Crippen LogP contribution in [0.1, 0.15) is 0 Å². The molecule has 0 saturated heterocycles. The third kappa shape index (κ3) is 3.70. The van der Waals surface area contributed by atoms with Crippen molar-refractivity contribution in [2.45, 2.75) is 6.18 Å². The third-order valence-electron chi connectivity index (χ3n) is 2.48. The highest BCUT2D eigenvalue weighted by molar-refractivity contribution is 6.18. The van der Waals surface area contributed by atoms with Crippen molar-refractivity contribution in [1.29, 1.82) is 0 Å². The Hall–Kier alpha value is -1.56. The lowest BCUT2D eigenvalue weighted by Crippen LogP contribution is -2.36. The van der Waals surface area contributed by atoms with Crippen LogP contribution in [0.4, 0.5) is 19.1 Å². The summed E-state index contributed by atoms with van der Waals surface area (Å²) < 4.78 is 37.5. The molecule has 0 fully saturated rings. The molecule has 1 heterocycles. The van der Waals surface area contributed by atoms with Crippen molar-refractivity contribution in [1.82, 2.24) is 9.97 Å². The van der Waals surface area contributed by atoms with E-state index in [1.54, 1.807) is 18.2 Å². The maximum absolute atomic E-state index is 12.5. The largest absolute Gasteiger partial charge is 0.406 e. The molecule has 2 rings (SSSR count). The number of hydrogen-bond acceptors (Lipinski definition) is 3. The molecule has 1 aromatic carbocycles. The van der Waals surface area contributed by atoms with E-state index in [9.17, 15) is 13.2 Å². The van der Waals surface area contributed by atoms with Gasteiger partial charge in [0.15, 0.2) is 0 Å². The van der Waals surface area contributed by atoms with Crippen molar-refractivity contribution in [3.63, 3.8) is 0 Å². The zero-order chi connectivity index (χ0) is 13.9. The van der Waals surface area contributed by atoms with E-state index in [1.165, 1.54) is 6.20 Å². The first-order valence-corrected chi connectivity index (χ1v) is 6.12. The lowest BCUT2D eigenvalue weighted by molar-refractivity contribution is -0.119. The van der Waals surface area contributed by atoms with Gasteiger partial charge in [0.05, 0.1) is 5.52 Å². The molecule has 0 atom stereocenters. The maximum Gasteiger partial charge on any atom is 0.406 e. The minimum atomic E-state index is -4.32. The number of halogens is 4. The lowest BCUT2D eigenvalue weighted by Gasteiger charge is -2.22. The van der Waals surface area contributed by atoms with E-state index in [4.69, 9.17) is 11.6 Å². The van der Waals surface area contributed by atoms with Gasteiger partial charge >= 0.3 is 6.18 Å². The van der Waals surface area contributed by atoms with E-state index in [0.29, 0.717) is 5.52 Å². The van der Waals surface area contributed by atoms with Crippen LogP contribution in [0.5, 0.6) is 0 Å². The SMILES string of the molecule is FC(F)(F)CN(CCCl)c1ncc2ccccc2n1. The molecule has 0 radical (unpaired) electrons. The van der Waals surface area contributed by atoms with Crippen molar-refractivity contribution in [3.8, 4) is 0 Å². The summed E-state index contributed by atoms with van der Waals surface area (Å²) in [4.78, 5) is 9.13. The predicted octanol–water partition coefficient (Wildman–Crippen LogP) is 3.24. The van der Waals surface area contributed by atoms with Crippen LogP contribution in [0.2, 0.25) is 0 Å². The number of alkyl halides is 4. The van der Waals surface area contributed by atoms with Crippen molar-refractivity contribution in [2.24, 2.45) is 0 Å². The Morgan fingerprint density at radius 2 is 1.95 bits per heavy atom. The van der Waals surface area contributed by atoms with Crippen molar-refractivity contribution < 1.29 is 13.2 Å². The third-order valence-corrected chi connectivity index (χ3v) is 2.65. The minimum absolute atomic E-state index is 0.0386. The molecule has 0 N–H and O–H groups in total. The van der Waals surface area contributed by atoms with E-state index >= 15 is 0 Å². The second kappa shape index (κ2) is 5.61. The molecule has 0 spiro atoms. The Morgan fingerprint density at radius 3 is 2.63 bits per heavy atom. The minimum Gasteiger partial charge on any atom is -0.331 e. The Bertz CT molecular complexity index is 559. The van der Waals surface area contributed by atoms with Gasteiger partial charge < -0.3 is 4.90 Å². The van der Waals surface area contributed by atoms with Crippen LogP contribution in [-0.4, -0.2) is 35.1 Å². The molecule has 2 aromatic rings. The van der Waals surface area contributed by atoms with Crippen LogP contribution in [-0.2, 0) is 0 Å². The molecular weight excluding hydrogens is 279 g/mol. The van der Waals surface area contributed by atoms with Crippen molar-refractivity contribution in [2.75, 3.05) is 23.9 Å². The topological polar surface area (TPSA) is 29.0 Å². The summed E-state index contributed by atoms with van der Waals surface area (Å²) in [5.74, 6) is 0.114. The van der Waals surface area contributed by atoms with E-state index < -0.39 is 12.7 Å². The first-order valence-electron chi connectivity index (χ1n) is 5.59. The lowest BCUT2D eigenvalue weighted by atomic mass is 10.2. The Morgan fingerprint density at radius 1 is 1.21 bits per heavy atom. The molecule has 0 unspecified atom stereocenters. The Balaban J connectivity index is 2.33. The standard InChI is InChI=1S/C12H11ClF3N3/c13-5-6-19(8-12(14,15)16)11-17-7-9-3-1-2-4-10(9)18-11/h1-4,7H,5-6,8H2. The van der Waals surface area contributed by atoms with Crippen LogP contribution in [0.25, 0.3) is 10.9 Å². The zero-order valence-electron chi connectivity index (χ0n) is 9.86. The summed E-state index contributed by atoms with van der Waals surface area (Å²) in [5, 5.41) is 0.782. The normalized spacial score (nSPS) is 11.8. The van der Waals surface area contributed by atoms with Gasteiger partial charge in [-0.1, -0.05) is 18.2 Å². The first kappa shape index (κ1) is 13.9. The zero-order valence-corrected chi connectivity index (χ0v) is 10.6. The van der Waals surface area contributed by atoms with E-state index in [-0.39, 0.29) is 18.4 Å². The number of aromatic nitrogens is 2. The van der Waals surface area contributed by atoms with Gasteiger partial charge in [0, 0.05) is 24.0 Å². The van der Waals surface area contributed by atoms with E-state index in [1.807, 2.05) is 6.07 Å². The molecule has 19 heavy (non-hydrogen) atoms. The number of rotatable bonds is 4. The van der Waals surface area contributed by atoms with Gasteiger partial charge in [-0.15, -0.1) is 11.6 Å². The average Bonchev–Trinajstić information content (AvgIpc) is 2.36. The molecule has 7 heteroatoms. The predicted molar refractivity (Wildman–Crippen MR) is 68.5 cm³/mol. The summed E-state index contributed by atoms with van der Waals surface area (Å²) in [5.41, 5.74) is 0.606. The highest BCUT2D eigenvalue weighted by atomic mass is 35.5. The van der Waals surface area contributed by atoms with Crippen molar-refractivity contribution >= 4 is 28.5 Å². The van der Waals surface area contributed by atoms with Gasteiger partial charge in [-0.3, -0.25) is 0 Å². The molecule has 0 aliphatic heterocycles. The van der Waals surface area contributed by atoms with E-state index in [0.717, 1.165) is 10.3 Å². The molecule has 0 aliphatic carbocycles. The Kier molecular flexibility index (Phi) is 4.09. The fraction of sp³-hybridized carbons (Fsp3) is 0.333. The second-order valence-corrected chi connectivity index (χ2v) is 4.33. The molecule has 1 aromatic heterocycles. The molecule has 102 valence electrons. The number of benzene rings is 1. The van der Waals surface area contributed by atoms with Crippen LogP contribution in [0.3, 0.4) is 0 Å². The molecular formula is C12H11ClF3N3. The monoisotopic (exact) mass is 289 g/mol. The van der Waals surface area contributed by atoms with Gasteiger partial charge in [0.2, 0.25) is 5.95 Å². The number of hydrogen-bond donors (Lipinski definition) is 0.